The van der Waals surface area contributed by atoms with Gasteiger partial charge < -0.3 is 4.90 Å². The summed E-state index contributed by atoms with van der Waals surface area (Å²) in [6, 6.07) is 12.0. The maximum absolute atomic E-state index is 14.3. The Hall–Kier alpha value is -3.02. The maximum Gasteiger partial charge on any atom is 0.257 e. The van der Waals surface area contributed by atoms with Gasteiger partial charge in [0.05, 0.1) is 17.5 Å². The summed E-state index contributed by atoms with van der Waals surface area (Å²) in [5.74, 6) is 1.41. The quantitative estimate of drug-likeness (QED) is 0.656. The zero-order valence-corrected chi connectivity index (χ0v) is 18.7. The number of hydrogen-bond acceptors (Lipinski definition) is 4. The van der Waals surface area contributed by atoms with Gasteiger partial charge in [0.1, 0.15) is 6.04 Å². The fourth-order valence-corrected chi connectivity index (χ4v) is 7.40. The number of benzene rings is 1. The molecule has 7 rings (SSSR count). The van der Waals surface area contributed by atoms with Crippen molar-refractivity contribution in [1.82, 2.24) is 9.88 Å². The molecule has 0 N–H and O–H groups in total. The summed E-state index contributed by atoms with van der Waals surface area (Å²) in [5.41, 5.74) is 1.08. The molecular formula is C27H29N3O3. The molecule has 0 radical (unpaired) electrons. The first-order valence-electron chi connectivity index (χ1n) is 12.1. The molecule has 1 aliphatic heterocycles. The van der Waals surface area contributed by atoms with Crippen LogP contribution in [0.25, 0.3) is 0 Å². The molecule has 1 aromatic carbocycles. The molecule has 4 saturated carbocycles. The predicted octanol–water partition coefficient (Wildman–Crippen LogP) is 3.96. The maximum atomic E-state index is 14.3. The molecular weight excluding hydrogens is 414 g/mol. The number of carbonyl (C=O) groups excluding carboxylic acids is 3. The summed E-state index contributed by atoms with van der Waals surface area (Å²) < 4.78 is 0. The predicted molar refractivity (Wildman–Crippen MR) is 123 cm³/mol. The van der Waals surface area contributed by atoms with Gasteiger partial charge in [-0.25, -0.2) is 4.90 Å². The van der Waals surface area contributed by atoms with E-state index in [0.29, 0.717) is 30.0 Å². The van der Waals surface area contributed by atoms with Crippen molar-refractivity contribution in [3.8, 4) is 0 Å². The van der Waals surface area contributed by atoms with Crippen molar-refractivity contribution in [2.45, 2.75) is 57.5 Å². The molecule has 6 heteroatoms. The van der Waals surface area contributed by atoms with Crippen LogP contribution in [0.2, 0.25) is 0 Å². The highest BCUT2D eigenvalue weighted by Crippen LogP contribution is 2.60. The molecule has 1 unspecified atom stereocenters. The van der Waals surface area contributed by atoms with Crippen LogP contribution in [0.15, 0.2) is 54.9 Å². The lowest BCUT2D eigenvalue weighted by Gasteiger charge is -2.56. The first kappa shape index (κ1) is 20.6. The van der Waals surface area contributed by atoms with Crippen LogP contribution in [0.4, 0.5) is 5.69 Å². The van der Waals surface area contributed by atoms with Gasteiger partial charge in [-0.15, -0.1) is 0 Å². The second-order valence-electron chi connectivity index (χ2n) is 10.6. The Labute approximate surface area is 194 Å². The van der Waals surface area contributed by atoms with Crippen molar-refractivity contribution in [3.05, 3.63) is 60.4 Å². The Morgan fingerprint density at radius 3 is 2.24 bits per heavy atom. The van der Waals surface area contributed by atoms with Crippen molar-refractivity contribution < 1.29 is 14.4 Å². The number of rotatable bonds is 5. The Morgan fingerprint density at radius 2 is 1.64 bits per heavy atom. The standard InChI is InChI=1S/C27H29N3O3/c31-24-12-23(25(32)30(24)22-6-2-1-3-7-22)29(17-18-5-4-8-28-16-18)26(33)27-13-19-9-20(14-27)11-21(10-19)15-27/h1-8,16,19-21,23H,9-15,17H2. The van der Waals surface area contributed by atoms with Crippen LogP contribution in [-0.2, 0) is 20.9 Å². The Bertz CT molecular complexity index is 1050. The van der Waals surface area contributed by atoms with E-state index in [9.17, 15) is 14.4 Å². The molecule has 1 aromatic heterocycles. The number of para-hydroxylation sites is 1. The molecule has 5 fully saturated rings. The highest BCUT2D eigenvalue weighted by molar-refractivity contribution is 6.23. The largest absolute Gasteiger partial charge is 0.325 e. The third-order valence-corrected chi connectivity index (χ3v) is 8.34. The van der Waals surface area contributed by atoms with Gasteiger partial charge in [-0.3, -0.25) is 19.4 Å². The molecule has 5 aliphatic rings. The van der Waals surface area contributed by atoms with Gasteiger partial charge in [0.2, 0.25) is 11.8 Å². The fourth-order valence-electron chi connectivity index (χ4n) is 7.40. The number of pyridine rings is 1. The number of nitrogens with zero attached hydrogens (tertiary/aromatic N) is 3. The fraction of sp³-hybridized carbons (Fsp3) is 0.481. The minimum Gasteiger partial charge on any atom is -0.325 e. The smallest absolute Gasteiger partial charge is 0.257 e. The van der Waals surface area contributed by atoms with E-state index in [4.69, 9.17) is 0 Å². The molecule has 170 valence electrons. The molecule has 2 heterocycles. The zero-order chi connectivity index (χ0) is 22.6. The van der Waals surface area contributed by atoms with Gasteiger partial charge in [0.15, 0.2) is 0 Å². The number of hydrogen-bond donors (Lipinski definition) is 0. The van der Waals surface area contributed by atoms with E-state index in [1.165, 1.54) is 24.2 Å². The third-order valence-electron chi connectivity index (χ3n) is 8.34. The van der Waals surface area contributed by atoms with Crippen molar-refractivity contribution >= 4 is 23.4 Å². The highest BCUT2D eigenvalue weighted by Gasteiger charge is 2.57. The lowest BCUT2D eigenvalue weighted by molar-refractivity contribution is -0.162. The Morgan fingerprint density at radius 1 is 0.970 bits per heavy atom. The van der Waals surface area contributed by atoms with Crippen molar-refractivity contribution in [2.75, 3.05) is 4.90 Å². The van der Waals surface area contributed by atoms with Gasteiger partial charge in [-0.1, -0.05) is 24.3 Å². The second kappa shape index (κ2) is 7.79. The van der Waals surface area contributed by atoms with Gasteiger partial charge in [0.25, 0.3) is 5.91 Å². The van der Waals surface area contributed by atoms with Gasteiger partial charge in [-0.05, 0) is 80.0 Å². The van der Waals surface area contributed by atoms with Crippen LogP contribution in [0.5, 0.6) is 0 Å². The average Bonchev–Trinajstić information content (AvgIpc) is 3.11. The Kier molecular flexibility index (Phi) is 4.86. The van der Waals surface area contributed by atoms with Crippen LogP contribution in [0.3, 0.4) is 0 Å². The summed E-state index contributed by atoms with van der Waals surface area (Å²) in [6.45, 7) is 0.306. The molecule has 2 aromatic rings. The van der Waals surface area contributed by atoms with Gasteiger partial charge in [0, 0.05) is 18.9 Å². The number of aromatic nitrogens is 1. The summed E-state index contributed by atoms with van der Waals surface area (Å²) >= 11 is 0. The van der Waals surface area contributed by atoms with Crippen molar-refractivity contribution in [2.24, 2.45) is 23.2 Å². The van der Waals surface area contributed by atoms with E-state index in [1.807, 2.05) is 30.3 Å². The lowest BCUT2D eigenvalue weighted by atomic mass is 9.49. The van der Waals surface area contributed by atoms with Crippen LogP contribution in [-0.4, -0.2) is 33.6 Å². The Balaban J connectivity index is 1.35. The highest BCUT2D eigenvalue weighted by atomic mass is 16.2. The second-order valence-corrected chi connectivity index (χ2v) is 10.6. The number of anilines is 1. The number of imide groups is 1. The van der Waals surface area contributed by atoms with E-state index in [-0.39, 0.29) is 29.6 Å². The van der Waals surface area contributed by atoms with Gasteiger partial charge in [-0.2, -0.15) is 0 Å². The molecule has 3 amide bonds. The minimum atomic E-state index is -0.765. The van der Waals surface area contributed by atoms with Crippen LogP contribution < -0.4 is 4.90 Å². The van der Waals surface area contributed by atoms with E-state index in [2.05, 4.69) is 4.98 Å². The summed E-state index contributed by atoms with van der Waals surface area (Å²) in [7, 11) is 0. The topological polar surface area (TPSA) is 70.6 Å². The van der Waals surface area contributed by atoms with Crippen molar-refractivity contribution in [1.29, 1.82) is 0 Å². The monoisotopic (exact) mass is 443 g/mol. The number of carbonyl (C=O) groups is 3. The van der Waals surface area contributed by atoms with Crippen LogP contribution >= 0.6 is 0 Å². The molecule has 1 atom stereocenters. The molecule has 4 aliphatic carbocycles. The number of amides is 3. The molecule has 0 spiro atoms. The van der Waals surface area contributed by atoms with E-state index >= 15 is 0 Å². The van der Waals surface area contributed by atoms with Crippen LogP contribution in [0, 0.1) is 23.2 Å². The first-order valence-corrected chi connectivity index (χ1v) is 12.1. The summed E-state index contributed by atoms with van der Waals surface area (Å²) in [5, 5.41) is 0. The van der Waals surface area contributed by atoms with Crippen molar-refractivity contribution in [3.63, 3.8) is 0 Å². The first-order chi connectivity index (χ1) is 16.0. The van der Waals surface area contributed by atoms with E-state index in [1.54, 1.807) is 29.4 Å². The molecule has 4 bridgehead atoms. The normalized spacial score (nSPS) is 32.4. The van der Waals surface area contributed by atoms with E-state index in [0.717, 1.165) is 24.8 Å². The summed E-state index contributed by atoms with van der Waals surface area (Å²) in [4.78, 5) is 48.1. The molecule has 33 heavy (non-hydrogen) atoms. The third kappa shape index (κ3) is 3.47. The van der Waals surface area contributed by atoms with Gasteiger partial charge >= 0.3 is 0 Å². The molecule has 6 nitrogen and oxygen atoms in total. The average molecular weight is 444 g/mol. The summed E-state index contributed by atoms with van der Waals surface area (Å²) in [6.07, 6.45) is 10.0. The van der Waals surface area contributed by atoms with Crippen LogP contribution in [0.1, 0.15) is 50.5 Å². The molecule has 1 saturated heterocycles. The zero-order valence-electron chi connectivity index (χ0n) is 18.7. The van der Waals surface area contributed by atoms with E-state index < -0.39 is 6.04 Å². The minimum absolute atomic E-state index is 0.0338. The SMILES string of the molecule is O=C1CC(N(Cc2cccnc2)C(=O)C23CC4CC(CC(C4)C2)C3)C(=O)N1c1ccccc1. The lowest BCUT2D eigenvalue weighted by Crippen LogP contribution is -2.57.